The van der Waals surface area contributed by atoms with Gasteiger partial charge in [-0.05, 0) is 49.6 Å². The predicted octanol–water partition coefficient (Wildman–Crippen LogP) is 4.33. The number of carbonyl (C=O) groups is 1. The highest BCUT2D eigenvalue weighted by Crippen LogP contribution is 2.39. The van der Waals surface area contributed by atoms with Crippen molar-refractivity contribution in [1.29, 1.82) is 0 Å². The normalized spacial score (nSPS) is 17.0. The number of carbonyl (C=O) groups excluding carboxylic acids is 1. The fraction of sp³-hybridized carbons (Fsp3) is 0.364. The number of fused-ring (bicyclic) bond motifs is 1. The molecule has 0 radical (unpaired) electrons. The molecule has 1 unspecified atom stereocenters. The lowest BCUT2D eigenvalue weighted by Gasteiger charge is -2.38. The van der Waals surface area contributed by atoms with Crippen LogP contribution >= 0.6 is 23.2 Å². The quantitative estimate of drug-likeness (QED) is 0.630. The number of hydrogen-bond acceptors (Lipinski definition) is 4. The molecule has 1 atom stereocenters. The Morgan fingerprint density at radius 1 is 1.20 bits per heavy atom. The van der Waals surface area contributed by atoms with Gasteiger partial charge in [-0.3, -0.25) is 9.36 Å². The van der Waals surface area contributed by atoms with E-state index in [2.05, 4.69) is 5.32 Å². The highest BCUT2D eigenvalue weighted by molar-refractivity contribution is 6.35. The number of para-hydroxylation sites is 2. The van der Waals surface area contributed by atoms with Gasteiger partial charge in [0.1, 0.15) is 6.04 Å². The van der Waals surface area contributed by atoms with Crippen molar-refractivity contribution in [2.75, 3.05) is 19.8 Å². The zero-order valence-corrected chi connectivity index (χ0v) is 18.0. The molecule has 1 aliphatic rings. The molecule has 0 spiro atoms. The van der Waals surface area contributed by atoms with E-state index in [1.54, 1.807) is 37.3 Å². The van der Waals surface area contributed by atoms with E-state index in [0.717, 1.165) is 18.4 Å². The fourth-order valence-corrected chi connectivity index (χ4v) is 4.70. The summed E-state index contributed by atoms with van der Waals surface area (Å²) in [5.74, 6) is -0.819. The molecule has 30 heavy (non-hydrogen) atoms. The molecule has 3 aromatic rings. The third kappa shape index (κ3) is 3.87. The van der Waals surface area contributed by atoms with Crippen LogP contribution in [0.25, 0.3) is 11.1 Å². The van der Waals surface area contributed by atoms with Crippen LogP contribution in [0.5, 0.6) is 0 Å². The Morgan fingerprint density at radius 3 is 2.67 bits per heavy atom. The predicted molar refractivity (Wildman–Crippen MR) is 116 cm³/mol. The van der Waals surface area contributed by atoms with Crippen molar-refractivity contribution in [2.45, 2.75) is 31.2 Å². The summed E-state index contributed by atoms with van der Waals surface area (Å²) in [6, 6.07) is 11.8. The smallest absolute Gasteiger partial charge is 0.408 e. The van der Waals surface area contributed by atoms with E-state index in [1.807, 2.05) is 12.1 Å². The van der Waals surface area contributed by atoms with Crippen LogP contribution in [-0.2, 0) is 14.9 Å². The Kier molecular flexibility index (Phi) is 5.91. The second-order valence-corrected chi connectivity index (χ2v) is 8.46. The third-order valence-electron chi connectivity index (χ3n) is 5.84. The number of halogens is 2. The Morgan fingerprint density at radius 2 is 1.93 bits per heavy atom. The van der Waals surface area contributed by atoms with Crippen LogP contribution in [0, 0.1) is 0 Å². The molecule has 0 saturated carbocycles. The van der Waals surface area contributed by atoms with Gasteiger partial charge in [-0.1, -0.05) is 41.4 Å². The summed E-state index contributed by atoms with van der Waals surface area (Å²) in [5.41, 5.74) is 1.62. The molecule has 1 aromatic heterocycles. The molecule has 8 heteroatoms. The first-order valence-corrected chi connectivity index (χ1v) is 10.6. The summed E-state index contributed by atoms with van der Waals surface area (Å²) in [4.78, 5) is 25.3. The molecule has 4 rings (SSSR count). The van der Waals surface area contributed by atoms with Crippen LogP contribution < -0.4 is 11.1 Å². The van der Waals surface area contributed by atoms with Crippen LogP contribution in [0.3, 0.4) is 0 Å². The molecule has 158 valence electrons. The maximum atomic E-state index is 13.0. The van der Waals surface area contributed by atoms with Gasteiger partial charge in [0.05, 0.1) is 5.52 Å². The molecule has 1 saturated heterocycles. The van der Waals surface area contributed by atoms with Crippen molar-refractivity contribution in [2.24, 2.45) is 0 Å². The van der Waals surface area contributed by atoms with E-state index in [4.69, 9.17) is 32.4 Å². The minimum absolute atomic E-state index is 0.264. The highest BCUT2D eigenvalue weighted by Gasteiger charge is 2.37. The van der Waals surface area contributed by atoms with E-state index >= 15 is 0 Å². The lowest BCUT2D eigenvalue weighted by atomic mass is 9.74. The van der Waals surface area contributed by atoms with E-state index < -0.39 is 11.8 Å². The van der Waals surface area contributed by atoms with Gasteiger partial charge in [-0.15, -0.1) is 0 Å². The molecular formula is C22H22Cl2N2O4. The fourth-order valence-electron chi connectivity index (χ4n) is 4.10. The number of amides is 1. The molecule has 1 aliphatic heterocycles. The van der Waals surface area contributed by atoms with Crippen molar-refractivity contribution in [3.8, 4) is 0 Å². The summed E-state index contributed by atoms with van der Waals surface area (Å²) >= 11 is 12.6. The first-order chi connectivity index (χ1) is 14.4. The number of benzene rings is 2. The number of aromatic nitrogens is 1. The average Bonchev–Trinajstić information content (AvgIpc) is 3.07. The Hall–Kier alpha value is -2.28. The molecule has 1 N–H and O–H groups in total. The Labute approximate surface area is 183 Å². The minimum Gasteiger partial charge on any atom is -0.408 e. The van der Waals surface area contributed by atoms with Crippen molar-refractivity contribution < 1.29 is 13.9 Å². The van der Waals surface area contributed by atoms with Crippen LogP contribution in [0.1, 0.15) is 31.4 Å². The Balaban J connectivity index is 1.58. The summed E-state index contributed by atoms with van der Waals surface area (Å²) in [5, 5.41) is 4.16. The van der Waals surface area contributed by atoms with E-state index in [-0.39, 0.29) is 11.3 Å². The van der Waals surface area contributed by atoms with Gasteiger partial charge in [0.15, 0.2) is 5.58 Å². The minimum atomic E-state index is -0.723. The summed E-state index contributed by atoms with van der Waals surface area (Å²) in [6.07, 6.45) is 1.44. The lowest BCUT2D eigenvalue weighted by Crippen LogP contribution is -2.46. The Bertz CT molecular complexity index is 1130. The molecule has 1 fully saturated rings. The number of rotatable bonds is 5. The molecular weight excluding hydrogens is 427 g/mol. The SMILES string of the molecule is CC(C(=O)NCC1(c2ccc(Cl)cc2Cl)CCOCC1)n1c(=O)oc2ccccc21. The maximum absolute atomic E-state index is 13.0. The number of nitrogens with one attached hydrogen (secondary N) is 1. The second kappa shape index (κ2) is 8.46. The van der Waals surface area contributed by atoms with Gasteiger partial charge in [-0.2, -0.15) is 0 Å². The van der Waals surface area contributed by atoms with Crippen molar-refractivity contribution in [3.05, 3.63) is 68.6 Å². The first kappa shape index (κ1) is 21.0. The molecule has 2 heterocycles. The number of nitrogens with zero attached hydrogens (tertiary/aromatic N) is 1. The number of hydrogen-bond donors (Lipinski definition) is 1. The summed E-state index contributed by atoms with van der Waals surface area (Å²) in [7, 11) is 0. The van der Waals surface area contributed by atoms with E-state index in [0.29, 0.717) is 40.9 Å². The summed E-state index contributed by atoms with van der Waals surface area (Å²) < 4.78 is 12.2. The topological polar surface area (TPSA) is 73.5 Å². The first-order valence-electron chi connectivity index (χ1n) is 9.82. The standard InChI is InChI=1S/C22H22Cl2N2O4/c1-14(26-18-4-2-3-5-19(18)30-21(26)28)20(27)25-13-22(8-10-29-11-9-22)16-7-6-15(23)12-17(16)24/h2-7,12,14H,8-11,13H2,1H3,(H,25,27). The van der Waals surface area contributed by atoms with Crippen LogP contribution in [0.4, 0.5) is 0 Å². The van der Waals surface area contributed by atoms with E-state index in [1.165, 1.54) is 4.57 Å². The van der Waals surface area contributed by atoms with Gasteiger partial charge in [-0.25, -0.2) is 4.79 Å². The molecule has 2 aromatic carbocycles. The zero-order valence-electron chi connectivity index (χ0n) is 16.5. The van der Waals surface area contributed by atoms with Gasteiger partial charge in [0, 0.05) is 35.2 Å². The molecule has 1 amide bonds. The second-order valence-electron chi connectivity index (χ2n) is 7.62. The maximum Gasteiger partial charge on any atom is 0.420 e. The van der Waals surface area contributed by atoms with Crippen molar-refractivity contribution in [1.82, 2.24) is 9.88 Å². The molecule has 0 aliphatic carbocycles. The monoisotopic (exact) mass is 448 g/mol. The van der Waals surface area contributed by atoms with Crippen LogP contribution in [0.15, 0.2) is 51.7 Å². The van der Waals surface area contributed by atoms with E-state index in [9.17, 15) is 9.59 Å². The summed E-state index contributed by atoms with van der Waals surface area (Å²) in [6.45, 7) is 3.22. The van der Waals surface area contributed by atoms with Gasteiger partial charge in [0.2, 0.25) is 5.91 Å². The third-order valence-corrected chi connectivity index (χ3v) is 6.39. The number of oxazole rings is 1. The zero-order chi connectivity index (χ0) is 21.3. The molecule has 6 nitrogen and oxygen atoms in total. The van der Waals surface area contributed by atoms with Crippen molar-refractivity contribution in [3.63, 3.8) is 0 Å². The van der Waals surface area contributed by atoms with Gasteiger partial charge >= 0.3 is 5.76 Å². The average molecular weight is 449 g/mol. The molecule has 0 bridgehead atoms. The van der Waals surface area contributed by atoms with Gasteiger partial charge in [0.25, 0.3) is 0 Å². The van der Waals surface area contributed by atoms with Crippen LogP contribution in [0.2, 0.25) is 10.0 Å². The van der Waals surface area contributed by atoms with Crippen LogP contribution in [-0.4, -0.2) is 30.2 Å². The van der Waals surface area contributed by atoms with Gasteiger partial charge < -0.3 is 14.5 Å². The van der Waals surface area contributed by atoms with Crippen molar-refractivity contribution >= 4 is 40.2 Å². The highest BCUT2D eigenvalue weighted by atomic mass is 35.5. The largest absolute Gasteiger partial charge is 0.420 e. The number of ether oxygens (including phenoxy) is 1. The lowest BCUT2D eigenvalue weighted by molar-refractivity contribution is -0.124.